The molecule has 1 amide bonds. The van der Waals surface area contributed by atoms with Crippen LogP contribution in [-0.4, -0.2) is 19.6 Å². The molecule has 5 nitrogen and oxygen atoms in total. The molecule has 136 valence electrons. The van der Waals surface area contributed by atoms with Gasteiger partial charge in [0.05, 0.1) is 7.11 Å². The van der Waals surface area contributed by atoms with Crippen LogP contribution >= 0.6 is 0 Å². The van der Waals surface area contributed by atoms with Crippen molar-refractivity contribution in [1.29, 1.82) is 0 Å². The SMILES string of the molecule is COc1ccc2oc(C(=O)NCc3ccc(OC(F)F)cc3)c(C)c2c1. The van der Waals surface area contributed by atoms with E-state index >= 15 is 0 Å². The summed E-state index contributed by atoms with van der Waals surface area (Å²) in [6, 6.07) is 11.4. The van der Waals surface area contributed by atoms with E-state index in [1.807, 2.05) is 6.07 Å². The predicted molar refractivity (Wildman–Crippen MR) is 91.7 cm³/mol. The summed E-state index contributed by atoms with van der Waals surface area (Å²) in [6.07, 6.45) is 0. The van der Waals surface area contributed by atoms with E-state index in [1.165, 1.54) is 12.1 Å². The van der Waals surface area contributed by atoms with Gasteiger partial charge in [0.15, 0.2) is 5.76 Å². The van der Waals surface area contributed by atoms with Gasteiger partial charge in [0.25, 0.3) is 5.91 Å². The maximum absolute atomic E-state index is 12.4. The molecule has 1 heterocycles. The Balaban J connectivity index is 1.70. The first-order valence-electron chi connectivity index (χ1n) is 7.87. The fourth-order valence-corrected chi connectivity index (χ4v) is 2.59. The lowest BCUT2D eigenvalue weighted by atomic mass is 10.1. The molecule has 1 N–H and O–H groups in total. The smallest absolute Gasteiger partial charge is 0.387 e. The summed E-state index contributed by atoms with van der Waals surface area (Å²) in [5.41, 5.74) is 2.06. The number of halogens is 2. The van der Waals surface area contributed by atoms with Crippen molar-refractivity contribution >= 4 is 16.9 Å². The van der Waals surface area contributed by atoms with E-state index in [-0.39, 0.29) is 24.0 Å². The van der Waals surface area contributed by atoms with Gasteiger partial charge in [-0.05, 0) is 42.8 Å². The number of benzene rings is 2. The van der Waals surface area contributed by atoms with E-state index in [0.717, 1.165) is 16.5 Å². The number of ether oxygens (including phenoxy) is 2. The number of hydrogen-bond acceptors (Lipinski definition) is 4. The van der Waals surface area contributed by atoms with E-state index < -0.39 is 6.61 Å². The standard InChI is InChI=1S/C19H17F2NO4/c1-11-15-9-14(24-2)7-8-16(15)26-17(11)18(23)22-10-12-3-5-13(6-4-12)25-19(20)21/h3-9,19H,10H2,1-2H3,(H,22,23). The van der Waals surface area contributed by atoms with Gasteiger partial charge in [-0.25, -0.2) is 0 Å². The highest BCUT2D eigenvalue weighted by Crippen LogP contribution is 2.28. The zero-order valence-corrected chi connectivity index (χ0v) is 14.2. The molecule has 0 saturated heterocycles. The molecule has 26 heavy (non-hydrogen) atoms. The maximum atomic E-state index is 12.4. The number of methoxy groups -OCH3 is 1. The second-order valence-corrected chi connectivity index (χ2v) is 5.62. The number of carbonyl (C=O) groups excluding carboxylic acids is 1. The minimum Gasteiger partial charge on any atom is -0.497 e. The largest absolute Gasteiger partial charge is 0.497 e. The number of fused-ring (bicyclic) bond motifs is 1. The Morgan fingerprint density at radius 2 is 1.85 bits per heavy atom. The maximum Gasteiger partial charge on any atom is 0.387 e. The Labute approximate surface area is 148 Å². The first-order valence-corrected chi connectivity index (χ1v) is 7.87. The van der Waals surface area contributed by atoms with Crippen molar-refractivity contribution in [3.05, 3.63) is 59.4 Å². The molecule has 1 aromatic heterocycles. The van der Waals surface area contributed by atoms with Crippen LogP contribution in [0.15, 0.2) is 46.9 Å². The van der Waals surface area contributed by atoms with Crippen LogP contribution in [-0.2, 0) is 6.54 Å². The summed E-state index contributed by atoms with van der Waals surface area (Å²) >= 11 is 0. The van der Waals surface area contributed by atoms with Crippen LogP contribution < -0.4 is 14.8 Å². The summed E-state index contributed by atoms with van der Waals surface area (Å²) in [5, 5.41) is 3.56. The summed E-state index contributed by atoms with van der Waals surface area (Å²) in [4.78, 5) is 12.4. The first-order chi connectivity index (χ1) is 12.5. The van der Waals surface area contributed by atoms with Crippen molar-refractivity contribution in [1.82, 2.24) is 5.32 Å². The molecule has 0 unspecified atom stereocenters. The first kappa shape index (κ1) is 17.7. The number of furan rings is 1. The average Bonchev–Trinajstić information content (AvgIpc) is 2.96. The van der Waals surface area contributed by atoms with Crippen LogP contribution in [0.5, 0.6) is 11.5 Å². The molecule has 0 spiro atoms. The summed E-state index contributed by atoms with van der Waals surface area (Å²) in [7, 11) is 1.57. The van der Waals surface area contributed by atoms with Crippen molar-refractivity contribution in [2.24, 2.45) is 0 Å². The van der Waals surface area contributed by atoms with Crippen molar-refractivity contribution in [2.45, 2.75) is 20.1 Å². The average molecular weight is 361 g/mol. The highest BCUT2D eigenvalue weighted by Gasteiger charge is 2.18. The molecule has 7 heteroatoms. The van der Waals surface area contributed by atoms with Crippen molar-refractivity contribution in [3.63, 3.8) is 0 Å². The summed E-state index contributed by atoms with van der Waals surface area (Å²) in [6.45, 7) is -0.834. The highest BCUT2D eigenvalue weighted by molar-refractivity contribution is 5.99. The van der Waals surface area contributed by atoms with Gasteiger partial charge >= 0.3 is 6.61 Å². The van der Waals surface area contributed by atoms with E-state index in [9.17, 15) is 13.6 Å². The summed E-state index contributed by atoms with van der Waals surface area (Å²) < 4.78 is 39.4. The zero-order chi connectivity index (χ0) is 18.7. The minimum absolute atomic E-state index is 0.0668. The number of alkyl halides is 2. The minimum atomic E-state index is -2.87. The number of rotatable bonds is 6. The number of hydrogen-bond donors (Lipinski definition) is 1. The van der Waals surface area contributed by atoms with Gasteiger partial charge in [0.1, 0.15) is 17.1 Å². The fraction of sp³-hybridized carbons (Fsp3) is 0.211. The van der Waals surface area contributed by atoms with Gasteiger partial charge in [0.2, 0.25) is 0 Å². The Kier molecular flexibility index (Phi) is 5.06. The van der Waals surface area contributed by atoms with Crippen molar-refractivity contribution < 1.29 is 27.5 Å². The fourth-order valence-electron chi connectivity index (χ4n) is 2.59. The topological polar surface area (TPSA) is 60.7 Å². The van der Waals surface area contributed by atoms with Crippen molar-refractivity contribution in [2.75, 3.05) is 7.11 Å². The lowest BCUT2D eigenvalue weighted by Gasteiger charge is -2.07. The van der Waals surface area contributed by atoms with Gasteiger partial charge in [-0.1, -0.05) is 12.1 Å². The number of nitrogens with one attached hydrogen (secondary N) is 1. The lowest BCUT2D eigenvalue weighted by Crippen LogP contribution is -2.22. The van der Waals surface area contributed by atoms with Crippen LogP contribution in [0.4, 0.5) is 8.78 Å². The quantitative estimate of drug-likeness (QED) is 0.712. The van der Waals surface area contributed by atoms with Crippen LogP contribution in [0.3, 0.4) is 0 Å². The number of carbonyl (C=O) groups is 1. The van der Waals surface area contributed by atoms with Gasteiger partial charge in [0, 0.05) is 17.5 Å². The van der Waals surface area contributed by atoms with E-state index in [4.69, 9.17) is 9.15 Å². The Morgan fingerprint density at radius 1 is 1.15 bits per heavy atom. The molecule has 3 rings (SSSR count). The Bertz CT molecular complexity index is 919. The molecule has 0 aliphatic heterocycles. The van der Waals surface area contributed by atoms with Gasteiger partial charge in [-0.15, -0.1) is 0 Å². The lowest BCUT2D eigenvalue weighted by molar-refractivity contribution is -0.0498. The molecule has 0 fully saturated rings. The molecule has 0 atom stereocenters. The monoisotopic (exact) mass is 361 g/mol. The van der Waals surface area contributed by atoms with E-state index in [1.54, 1.807) is 38.3 Å². The number of aryl methyl sites for hydroxylation is 1. The molecule has 0 aliphatic rings. The molecule has 2 aromatic carbocycles. The molecule has 0 radical (unpaired) electrons. The molecule has 0 bridgehead atoms. The van der Waals surface area contributed by atoms with Gasteiger partial charge in [-0.2, -0.15) is 8.78 Å². The predicted octanol–water partition coefficient (Wildman–Crippen LogP) is 4.28. The zero-order valence-electron chi connectivity index (χ0n) is 14.2. The molecular weight excluding hydrogens is 344 g/mol. The third-order valence-corrected chi connectivity index (χ3v) is 3.95. The normalized spacial score (nSPS) is 11.0. The third kappa shape index (κ3) is 3.77. The van der Waals surface area contributed by atoms with E-state index in [2.05, 4.69) is 10.1 Å². The second-order valence-electron chi connectivity index (χ2n) is 5.62. The van der Waals surface area contributed by atoms with Gasteiger partial charge in [-0.3, -0.25) is 4.79 Å². The Hall–Kier alpha value is -3.09. The van der Waals surface area contributed by atoms with Crippen molar-refractivity contribution in [3.8, 4) is 11.5 Å². The Morgan fingerprint density at radius 3 is 2.50 bits per heavy atom. The molecular formula is C19H17F2NO4. The molecule has 3 aromatic rings. The van der Waals surface area contributed by atoms with Crippen LogP contribution in [0.2, 0.25) is 0 Å². The van der Waals surface area contributed by atoms with Gasteiger partial charge < -0.3 is 19.2 Å². The molecule has 0 saturated carbocycles. The second kappa shape index (κ2) is 7.43. The van der Waals surface area contributed by atoms with E-state index in [0.29, 0.717) is 11.3 Å². The summed E-state index contributed by atoms with van der Waals surface area (Å²) in [5.74, 6) is 0.619. The number of amides is 1. The van der Waals surface area contributed by atoms with Crippen LogP contribution in [0, 0.1) is 6.92 Å². The molecule has 0 aliphatic carbocycles. The third-order valence-electron chi connectivity index (χ3n) is 3.95. The van der Waals surface area contributed by atoms with Crippen LogP contribution in [0.25, 0.3) is 11.0 Å². The van der Waals surface area contributed by atoms with Crippen LogP contribution in [0.1, 0.15) is 21.7 Å². The highest BCUT2D eigenvalue weighted by atomic mass is 19.3.